The molecule has 110 valence electrons. The Labute approximate surface area is 121 Å². The van der Waals surface area contributed by atoms with E-state index < -0.39 is 5.97 Å². The van der Waals surface area contributed by atoms with Crippen molar-refractivity contribution in [3.8, 4) is 0 Å². The first kappa shape index (κ1) is 15.0. The summed E-state index contributed by atoms with van der Waals surface area (Å²) in [4.78, 5) is 15.8. The summed E-state index contributed by atoms with van der Waals surface area (Å²) in [5.41, 5.74) is 2.43. The normalized spacial score (nSPS) is 27.3. The quantitative estimate of drug-likeness (QED) is 0.886. The van der Waals surface area contributed by atoms with Crippen LogP contribution in [0.25, 0.3) is 0 Å². The molecule has 3 unspecified atom stereocenters. The summed E-state index contributed by atoms with van der Waals surface area (Å²) in [6.07, 6.45) is 6.40. The molecule has 0 radical (unpaired) electrons. The van der Waals surface area contributed by atoms with Gasteiger partial charge in [0, 0.05) is 12.4 Å². The van der Waals surface area contributed by atoms with E-state index >= 15 is 0 Å². The molecule has 0 bridgehead atoms. The molecule has 1 heterocycles. The van der Waals surface area contributed by atoms with Crippen molar-refractivity contribution in [3.63, 3.8) is 0 Å². The minimum Gasteiger partial charge on any atom is -0.481 e. The molecular weight excluding hydrogens is 250 g/mol. The molecule has 1 aromatic rings. The maximum Gasteiger partial charge on any atom is 0.307 e. The van der Waals surface area contributed by atoms with Crippen LogP contribution in [0.15, 0.2) is 18.5 Å². The first-order valence-electron chi connectivity index (χ1n) is 7.43. The third kappa shape index (κ3) is 3.20. The van der Waals surface area contributed by atoms with E-state index in [2.05, 4.69) is 31.8 Å². The minimum atomic E-state index is -0.663. The number of hydrogen-bond donors (Lipinski definition) is 1. The zero-order chi connectivity index (χ0) is 14.9. The van der Waals surface area contributed by atoms with Crippen molar-refractivity contribution in [2.24, 2.45) is 17.3 Å². The zero-order valence-corrected chi connectivity index (χ0v) is 12.9. The van der Waals surface area contributed by atoms with Gasteiger partial charge in [0.1, 0.15) is 0 Å². The van der Waals surface area contributed by atoms with Crippen LogP contribution in [0.1, 0.15) is 57.1 Å². The lowest BCUT2D eigenvalue weighted by Gasteiger charge is -2.40. The molecular formula is C17H25NO2. The first-order chi connectivity index (χ1) is 9.29. The van der Waals surface area contributed by atoms with E-state index in [0.29, 0.717) is 5.92 Å². The van der Waals surface area contributed by atoms with Crippen molar-refractivity contribution in [1.29, 1.82) is 0 Å². The lowest BCUT2D eigenvalue weighted by molar-refractivity contribution is -0.144. The summed E-state index contributed by atoms with van der Waals surface area (Å²) in [7, 11) is 0. The van der Waals surface area contributed by atoms with Gasteiger partial charge in [-0.05, 0) is 54.6 Å². The summed E-state index contributed by atoms with van der Waals surface area (Å²) >= 11 is 0. The predicted octanol–water partition coefficient (Wildman–Crippen LogP) is 4.02. The van der Waals surface area contributed by atoms with Gasteiger partial charge in [0.25, 0.3) is 0 Å². The first-order valence-corrected chi connectivity index (χ1v) is 7.43. The average Bonchev–Trinajstić information content (AvgIpc) is 2.37. The van der Waals surface area contributed by atoms with Crippen molar-refractivity contribution in [2.45, 2.75) is 52.9 Å². The van der Waals surface area contributed by atoms with E-state index in [4.69, 9.17) is 0 Å². The number of aliphatic carboxylic acids is 1. The van der Waals surface area contributed by atoms with Crippen LogP contribution in [0.4, 0.5) is 0 Å². The third-order valence-corrected chi connectivity index (χ3v) is 4.72. The molecule has 20 heavy (non-hydrogen) atoms. The lowest BCUT2D eigenvalue weighted by Crippen LogP contribution is -2.34. The fraction of sp³-hybridized carbons (Fsp3) is 0.647. The minimum absolute atomic E-state index is 0.0953. The molecule has 1 aliphatic rings. The van der Waals surface area contributed by atoms with Gasteiger partial charge in [-0.3, -0.25) is 9.78 Å². The van der Waals surface area contributed by atoms with Crippen molar-refractivity contribution >= 4 is 5.97 Å². The number of carboxylic acid groups (broad SMARTS) is 1. The van der Waals surface area contributed by atoms with Gasteiger partial charge in [0.2, 0.25) is 0 Å². The van der Waals surface area contributed by atoms with E-state index in [1.165, 1.54) is 0 Å². The van der Waals surface area contributed by atoms with E-state index in [0.717, 1.165) is 30.4 Å². The average molecular weight is 275 g/mol. The molecule has 1 aliphatic carbocycles. The Balaban J connectivity index is 2.30. The van der Waals surface area contributed by atoms with Crippen LogP contribution in [-0.4, -0.2) is 16.1 Å². The number of carbonyl (C=O) groups is 1. The maximum atomic E-state index is 11.6. The number of nitrogens with zero attached hydrogens (tertiary/aromatic N) is 1. The lowest BCUT2D eigenvalue weighted by atomic mass is 9.64. The van der Waals surface area contributed by atoms with Crippen LogP contribution in [0, 0.1) is 24.2 Å². The molecule has 0 spiro atoms. The molecule has 3 heteroatoms. The van der Waals surface area contributed by atoms with Crippen molar-refractivity contribution in [2.75, 3.05) is 0 Å². The number of carboxylic acids is 1. The molecule has 3 nitrogen and oxygen atoms in total. The van der Waals surface area contributed by atoms with Crippen molar-refractivity contribution < 1.29 is 9.90 Å². The molecule has 1 saturated carbocycles. The van der Waals surface area contributed by atoms with Gasteiger partial charge in [0.05, 0.1) is 5.92 Å². The van der Waals surface area contributed by atoms with E-state index in [9.17, 15) is 9.90 Å². The van der Waals surface area contributed by atoms with E-state index in [1.807, 2.05) is 19.3 Å². The van der Waals surface area contributed by atoms with Crippen LogP contribution in [0.2, 0.25) is 0 Å². The Morgan fingerprint density at radius 3 is 2.55 bits per heavy atom. The molecule has 1 fully saturated rings. The van der Waals surface area contributed by atoms with Gasteiger partial charge in [-0.25, -0.2) is 0 Å². The Kier molecular flexibility index (Phi) is 4.17. The summed E-state index contributed by atoms with van der Waals surface area (Å²) in [6, 6.07) is 2.10. The predicted molar refractivity (Wildman–Crippen MR) is 79.6 cm³/mol. The molecule has 3 atom stereocenters. The number of rotatable bonds is 2. The monoisotopic (exact) mass is 275 g/mol. The van der Waals surface area contributed by atoms with E-state index in [-0.39, 0.29) is 17.3 Å². The molecule has 2 rings (SSSR count). The molecule has 1 aromatic heterocycles. The summed E-state index contributed by atoms with van der Waals surface area (Å²) in [5, 5.41) is 9.51. The zero-order valence-electron chi connectivity index (χ0n) is 12.9. The Hall–Kier alpha value is -1.38. The van der Waals surface area contributed by atoms with Crippen LogP contribution in [-0.2, 0) is 4.79 Å². The standard InChI is InChI=1S/C17H25NO2/c1-11-7-12(10-18-9-11)15-8-13(17(2,3)4)5-6-14(15)16(19)20/h7,9-10,13-15H,5-6,8H2,1-4H3,(H,19,20). The Bertz CT molecular complexity index is 490. The number of pyridine rings is 1. The number of aryl methyl sites for hydroxylation is 1. The molecule has 0 saturated heterocycles. The number of hydrogen-bond acceptors (Lipinski definition) is 2. The van der Waals surface area contributed by atoms with Crippen molar-refractivity contribution in [3.05, 3.63) is 29.6 Å². The van der Waals surface area contributed by atoms with Gasteiger partial charge in [0.15, 0.2) is 0 Å². The van der Waals surface area contributed by atoms with Crippen LogP contribution in [0.5, 0.6) is 0 Å². The molecule has 1 N–H and O–H groups in total. The van der Waals surface area contributed by atoms with Crippen LogP contribution >= 0.6 is 0 Å². The fourth-order valence-electron chi connectivity index (χ4n) is 3.40. The summed E-state index contributed by atoms with van der Waals surface area (Å²) < 4.78 is 0. The largest absolute Gasteiger partial charge is 0.481 e. The topological polar surface area (TPSA) is 50.2 Å². The highest BCUT2D eigenvalue weighted by molar-refractivity contribution is 5.71. The van der Waals surface area contributed by atoms with Gasteiger partial charge in [-0.15, -0.1) is 0 Å². The summed E-state index contributed by atoms with van der Waals surface area (Å²) in [5.74, 6) is -0.262. The second kappa shape index (κ2) is 5.55. The second-order valence-electron chi connectivity index (χ2n) is 7.22. The molecule has 0 aromatic carbocycles. The SMILES string of the molecule is Cc1cncc(C2CC(C(C)(C)C)CCC2C(=O)O)c1. The third-order valence-electron chi connectivity index (χ3n) is 4.72. The molecule has 0 aliphatic heterocycles. The highest BCUT2D eigenvalue weighted by Gasteiger charge is 2.39. The fourth-order valence-corrected chi connectivity index (χ4v) is 3.40. The van der Waals surface area contributed by atoms with Gasteiger partial charge in [-0.2, -0.15) is 0 Å². The smallest absolute Gasteiger partial charge is 0.307 e. The highest BCUT2D eigenvalue weighted by Crippen LogP contribution is 2.46. The van der Waals surface area contributed by atoms with Gasteiger partial charge >= 0.3 is 5.97 Å². The van der Waals surface area contributed by atoms with Gasteiger partial charge in [-0.1, -0.05) is 26.8 Å². The van der Waals surface area contributed by atoms with E-state index in [1.54, 1.807) is 0 Å². The highest BCUT2D eigenvalue weighted by atomic mass is 16.4. The van der Waals surface area contributed by atoms with Crippen LogP contribution < -0.4 is 0 Å². The van der Waals surface area contributed by atoms with Gasteiger partial charge < -0.3 is 5.11 Å². The maximum absolute atomic E-state index is 11.6. The van der Waals surface area contributed by atoms with Crippen molar-refractivity contribution in [1.82, 2.24) is 4.98 Å². The number of aromatic nitrogens is 1. The Morgan fingerprint density at radius 1 is 1.30 bits per heavy atom. The Morgan fingerprint density at radius 2 is 2.00 bits per heavy atom. The molecule has 0 amide bonds. The summed E-state index contributed by atoms with van der Waals surface area (Å²) in [6.45, 7) is 8.77. The second-order valence-corrected chi connectivity index (χ2v) is 7.22. The van der Waals surface area contributed by atoms with Crippen LogP contribution in [0.3, 0.4) is 0 Å².